The Morgan fingerprint density at radius 3 is 2.45 bits per heavy atom. The molecule has 1 rings (SSSR count). The first-order valence-corrected chi connectivity index (χ1v) is 7.70. The van der Waals surface area contributed by atoms with Crippen molar-refractivity contribution in [2.75, 3.05) is 33.2 Å². The maximum Gasteiger partial charge on any atom is 0.401 e. The van der Waals surface area contributed by atoms with Crippen molar-refractivity contribution in [2.24, 2.45) is 0 Å². The predicted octanol–water partition coefficient (Wildman–Crippen LogP) is 1.86. The zero-order chi connectivity index (χ0) is 16.6. The summed E-state index contributed by atoms with van der Waals surface area (Å²) in [4.78, 5) is 12.7. The number of carbonyl (C=O) groups excluding carboxylic acids is 1. The van der Waals surface area contributed by atoms with Gasteiger partial charge in [-0.3, -0.25) is 4.90 Å². The third-order valence-electron chi connectivity index (χ3n) is 3.81. The number of rotatable bonds is 7. The summed E-state index contributed by atoms with van der Waals surface area (Å²) in [6, 6.07) is -0.391. The summed E-state index contributed by atoms with van der Waals surface area (Å²) in [6.45, 7) is -0.185. The van der Waals surface area contributed by atoms with E-state index in [1.807, 2.05) is 0 Å². The van der Waals surface area contributed by atoms with Gasteiger partial charge in [-0.2, -0.15) is 13.2 Å². The first-order chi connectivity index (χ1) is 10.2. The van der Waals surface area contributed by atoms with Gasteiger partial charge >= 0.3 is 12.2 Å². The quantitative estimate of drug-likeness (QED) is 0.626. The number of alkyl halides is 3. The fraction of sp³-hybridized carbons (Fsp3) is 0.929. The number of halogens is 3. The predicted molar refractivity (Wildman–Crippen MR) is 77.6 cm³/mol. The van der Waals surface area contributed by atoms with Crippen LogP contribution < -0.4 is 10.6 Å². The van der Waals surface area contributed by atoms with Gasteiger partial charge in [-0.05, 0) is 32.9 Å². The van der Waals surface area contributed by atoms with E-state index in [0.29, 0.717) is 25.8 Å². The standard InChI is InChI=1S/C14H26F3N3O2/c1-20(11-14(15,16)17)9-5-8-18-12(21)19-10-13(22)6-3-2-4-7-13/h22H,2-11H2,1H3,(H2,18,19,21). The minimum Gasteiger partial charge on any atom is -0.388 e. The van der Waals surface area contributed by atoms with Crippen LogP contribution in [0.3, 0.4) is 0 Å². The molecule has 0 radical (unpaired) electrons. The maximum absolute atomic E-state index is 12.1. The second-order valence-corrected chi connectivity index (χ2v) is 6.10. The van der Waals surface area contributed by atoms with Crippen LogP contribution >= 0.6 is 0 Å². The lowest BCUT2D eigenvalue weighted by Gasteiger charge is -2.32. The van der Waals surface area contributed by atoms with Crippen LogP contribution in [0.2, 0.25) is 0 Å². The summed E-state index contributed by atoms with van der Waals surface area (Å²) in [7, 11) is 1.39. The first kappa shape index (κ1) is 19.0. The minimum atomic E-state index is -4.20. The maximum atomic E-state index is 12.1. The Hall–Kier alpha value is -1.02. The van der Waals surface area contributed by atoms with E-state index >= 15 is 0 Å². The molecule has 0 spiro atoms. The van der Waals surface area contributed by atoms with Gasteiger partial charge < -0.3 is 15.7 Å². The highest BCUT2D eigenvalue weighted by Gasteiger charge is 2.30. The topological polar surface area (TPSA) is 64.6 Å². The number of amides is 2. The van der Waals surface area contributed by atoms with E-state index in [2.05, 4.69) is 10.6 Å². The molecule has 0 aromatic rings. The van der Waals surface area contributed by atoms with E-state index in [0.717, 1.165) is 19.3 Å². The van der Waals surface area contributed by atoms with Gasteiger partial charge in [-0.15, -0.1) is 0 Å². The molecular weight excluding hydrogens is 299 g/mol. The van der Waals surface area contributed by atoms with Crippen LogP contribution in [0.4, 0.5) is 18.0 Å². The van der Waals surface area contributed by atoms with Crippen molar-refractivity contribution < 1.29 is 23.1 Å². The SMILES string of the molecule is CN(CCCNC(=O)NCC1(O)CCCCC1)CC(F)(F)F. The Labute approximate surface area is 129 Å². The average molecular weight is 325 g/mol. The van der Waals surface area contributed by atoms with Gasteiger partial charge in [0.15, 0.2) is 0 Å². The Bertz CT molecular complexity index is 345. The highest BCUT2D eigenvalue weighted by Crippen LogP contribution is 2.27. The van der Waals surface area contributed by atoms with E-state index in [1.165, 1.54) is 11.9 Å². The Balaban J connectivity index is 2.08. The molecule has 0 unspecified atom stereocenters. The van der Waals surface area contributed by atoms with Crippen molar-refractivity contribution in [3.63, 3.8) is 0 Å². The molecule has 0 aliphatic heterocycles. The summed E-state index contributed by atoms with van der Waals surface area (Å²) in [6.07, 6.45) is 0.654. The zero-order valence-corrected chi connectivity index (χ0v) is 13.0. The molecule has 1 aliphatic carbocycles. The molecule has 0 saturated heterocycles. The smallest absolute Gasteiger partial charge is 0.388 e. The lowest BCUT2D eigenvalue weighted by Crippen LogP contribution is -2.47. The number of nitrogens with zero attached hydrogens (tertiary/aromatic N) is 1. The van der Waals surface area contributed by atoms with Crippen molar-refractivity contribution in [2.45, 2.75) is 50.3 Å². The number of nitrogens with one attached hydrogen (secondary N) is 2. The molecular formula is C14H26F3N3O2. The molecule has 2 amide bonds. The highest BCUT2D eigenvalue weighted by molar-refractivity contribution is 5.73. The Morgan fingerprint density at radius 1 is 1.23 bits per heavy atom. The van der Waals surface area contributed by atoms with Gasteiger partial charge in [0.25, 0.3) is 0 Å². The molecule has 3 N–H and O–H groups in total. The molecule has 0 aromatic carbocycles. The Kier molecular flexibility index (Phi) is 7.41. The lowest BCUT2D eigenvalue weighted by atomic mass is 9.85. The van der Waals surface area contributed by atoms with Crippen LogP contribution in [-0.4, -0.2) is 61.0 Å². The number of hydrogen-bond donors (Lipinski definition) is 3. The van der Waals surface area contributed by atoms with Gasteiger partial charge in [0.2, 0.25) is 0 Å². The van der Waals surface area contributed by atoms with Crippen molar-refractivity contribution in [1.29, 1.82) is 0 Å². The molecule has 8 heteroatoms. The van der Waals surface area contributed by atoms with Gasteiger partial charge in [-0.1, -0.05) is 19.3 Å². The van der Waals surface area contributed by atoms with Crippen LogP contribution in [0.5, 0.6) is 0 Å². The number of carbonyl (C=O) groups is 1. The van der Waals surface area contributed by atoms with E-state index in [9.17, 15) is 23.1 Å². The van der Waals surface area contributed by atoms with Crippen LogP contribution in [0.25, 0.3) is 0 Å². The number of aliphatic hydroxyl groups is 1. The number of urea groups is 1. The van der Waals surface area contributed by atoms with Gasteiger partial charge in [0.05, 0.1) is 12.1 Å². The molecule has 5 nitrogen and oxygen atoms in total. The average Bonchev–Trinajstić information content (AvgIpc) is 2.40. The first-order valence-electron chi connectivity index (χ1n) is 7.70. The van der Waals surface area contributed by atoms with Gasteiger partial charge in [-0.25, -0.2) is 4.79 Å². The normalized spacial score (nSPS) is 18.3. The summed E-state index contributed by atoms with van der Waals surface area (Å²) in [5, 5.41) is 15.4. The van der Waals surface area contributed by atoms with Crippen LogP contribution in [-0.2, 0) is 0 Å². The molecule has 0 bridgehead atoms. The highest BCUT2D eigenvalue weighted by atomic mass is 19.4. The molecule has 0 atom stereocenters. The van der Waals surface area contributed by atoms with Gasteiger partial charge in [0.1, 0.15) is 0 Å². The summed E-state index contributed by atoms with van der Waals surface area (Å²) in [5.74, 6) is 0. The summed E-state index contributed by atoms with van der Waals surface area (Å²) >= 11 is 0. The second kappa shape index (κ2) is 8.57. The molecule has 1 aliphatic rings. The van der Waals surface area contributed by atoms with Crippen LogP contribution in [0, 0.1) is 0 Å². The van der Waals surface area contributed by atoms with Crippen molar-refractivity contribution in [1.82, 2.24) is 15.5 Å². The van der Waals surface area contributed by atoms with Crippen molar-refractivity contribution in [3.05, 3.63) is 0 Å². The van der Waals surface area contributed by atoms with E-state index in [-0.39, 0.29) is 13.1 Å². The van der Waals surface area contributed by atoms with Crippen LogP contribution in [0.1, 0.15) is 38.5 Å². The second-order valence-electron chi connectivity index (χ2n) is 6.10. The lowest BCUT2D eigenvalue weighted by molar-refractivity contribution is -0.143. The zero-order valence-electron chi connectivity index (χ0n) is 13.0. The largest absolute Gasteiger partial charge is 0.401 e. The summed E-state index contributed by atoms with van der Waals surface area (Å²) < 4.78 is 36.3. The van der Waals surface area contributed by atoms with E-state index in [1.54, 1.807) is 0 Å². The molecule has 1 fully saturated rings. The molecule has 0 heterocycles. The fourth-order valence-electron chi connectivity index (χ4n) is 2.63. The fourth-order valence-corrected chi connectivity index (χ4v) is 2.63. The third kappa shape index (κ3) is 8.43. The molecule has 1 saturated carbocycles. The van der Waals surface area contributed by atoms with Crippen molar-refractivity contribution in [3.8, 4) is 0 Å². The van der Waals surface area contributed by atoms with Crippen LogP contribution in [0.15, 0.2) is 0 Å². The molecule has 130 valence electrons. The summed E-state index contributed by atoms with van der Waals surface area (Å²) in [5.41, 5.74) is -0.817. The monoisotopic (exact) mass is 325 g/mol. The minimum absolute atomic E-state index is 0.215. The number of hydrogen-bond acceptors (Lipinski definition) is 3. The molecule has 22 heavy (non-hydrogen) atoms. The Morgan fingerprint density at radius 2 is 1.86 bits per heavy atom. The third-order valence-corrected chi connectivity index (χ3v) is 3.81. The van der Waals surface area contributed by atoms with E-state index in [4.69, 9.17) is 0 Å². The van der Waals surface area contributed by atoms with Crippen molar-refractivity contribution >= 4 is 6.03 Å². The molecule has 0 aromatic heterocycles. The van der Waals surface area contributed by atoms with Gasteiger partial charge in [0, 0.05) is 13.1 Å². The van der Waals surface area contributed by atoms with E-state index < -0.39 is 24.4 Å².